The number of nitrogens with two attached hydrogens (primary N) is 1. The molecule has 0 bridgehead atoms. The predicted octanol–water partition coefficient (Wildman–Crippen LogP) is 2.01. The van der Waals surface area contributed by atoms with E-state index in [0.717, 1.165) is 11.3 Å². The van der Waals surface area contributed by atoms with Crippen molar-refractivity contribution in [3.8, 4) is 0 Å². The molecule has 0 saturated carbocycles. The van der Waals surface area contributed by atoms with Crippen molar-refractivity contribution in [1.82, 2.24) is 9.78 Å². The summed E-state index contributed by atoms with van der Waals surface area (Å²) in [6, 6.07) is 6.28. The SMILES string of the molecule is Cc1ccn(Cc2cc(F)ccc2C(N)=S)n1. The minimum Gasteiger partial charge on any atom is -0.389 e. The van der Waals surface area contributed by atoms with Gasteiger partial charge in [0, 0.05) is 11.8 Å². The molecule has 0 atom stereocenters. The quantitative estimate of drug-likeness (QED) is 0.846. The number of hydrogen-bond acceptors (Lipinski definition) is 2. The highest BCUT2D eigenvalue weighted by molar-refractivity contribution is 7.80. The minimum atomic E-state index is -0.302. The molecular formula is C12H12FN3S. The van der Waals surface area contributed by atoms with Gasteiger partial charge in [0.2, 0.25) is 0 Å². The standard InChI is InChI=1S/C12H12FN3S/c1-8-4-5-16(15-8)7-9-6-10(13)2-3-11(9)12(14)17/h2-6H,7H2,1H3,(H2,14,17). The fourth-order valence-corrected chi connectivity index (χ4v) is 1.86. The molecule has 1 aromatic heterocycles. The summed E-state index contributed by atoms with van der Waals surface area (Å²) in [6.45, 7) is 2.36. The second kappa shape index (κ2) is 4.63. The van der Waals surface area contributed by atoms with E-state index in [1.54, 1.807) is 10.7 Å². The Morgan fingerprint density at radius 2 is 2.24 bits per heavy atom. The molecule has 0 saturated heterocycles. The van der Waals surface area contributed by atoms with Gasteiger partial charge in [-0.25, -0.2) is 4.39 Å². The second-order valence-corrected chi connectivity index (χ2v) is 4.26. The Morgan fingerprint density at radius 1 is 1.47 bits per heavy atom. The number of hydrogen-bond donors (Lipinski definition) is 1. The Morgan fingerprint density at radius 3 is 2.82 bits per heavy atom. The fraction of sp³-hybridized carbons (Fsp3) is 0.167. The van der Waals surface area contributed by atoms with Crippen LogP contribution in [0.25, 0.3) is 0 Å². The van der Waals surface area contributed by atoms with Gasteiger partial charge in [-0.2, -0.15) is 5.10 Å². The van der Waals surface area contributed by atoms with E-state index in [-0.39, 0.29) is 10.8 Å². The number of rotatable bonds is 3. The van der Waals surface area contributed by atoms with Crippen LogP contribution < -0.4 is 5.73 Å². The lowest BCUT2D eigenvalue weighted by Crippen LogP contribution is -2.14. The first-order valence-electron chi connectivity index (χ1n) is 5.14. The van der Waals surface area contributed by atoms with Crippen LogP contribution >= 0.6 is 12.2 Å². The van der Waals surface area contributed by atoms with Crippen LogP contribution in [0.2, 0.25) is 0 Å². The predicted molar refractivity (Wildman–Crippen MR) is 68.4 cm³/mol. The molecule has 0 fully saturated rings. The largest absolute Gasteiger partial charge is 0.389 e. The first-order valence-corrected chi connectivity index (χ1v) is 5.55. The van der Waals surface area contributed by atoms with Crippen molar-refractivity contribution in [2.75, 3.05) is 0 Å². The van der Waals surface area contributed by atoms with Gasteiger partial charge in [-0.1, -0.05) is 12.2 Å². The van der Waals surface area contributed by atoms with Gasteiger partial charge in [0.15, 0.2) is 0 Å². The zero-order valence-corrected chi connectivity index (χ0v) is 10.2. The lowest BCUT2D eigenvalue weighted by molar-refractivity contribution is 0.618. The van der Waals surface area contributed by atoms with E-state index in [1.807, 2.05) is 19.2 Å². The molecule has 0 aliphatic heterocycles. The Kier molecular flexibility index (Phi) is 3.19. The van der Waals surface area contributed by atoms with E-state index in [4.69, 9.17) is 18.0 Å². The van der Waals surface area contributed by atoms with Gasteiger partial charge < -0.3 is 5.73 Å². The third kappa shape index (κ3) is 2.68. The summed E-state index contributed by atoms with van der Waals surface area (Å²) in [5.74, 6) is -0.302. The van der Waals surface area contributed by atoms with Crippen molar-refractivity contribution >= 4 is 17.2 Å². The molecule has 0 aliphatic carbocycles. The summed E-state index contributed by atoms with van der Waals surface area (Å²) in [5.41, 5.74) is 7.94. The van der Waals surface area contributed by atoms with Crippen molar-refractivity contribution in [3.05, 3.63) is 53.1 Å². The lowest BCUT2D eigenvalue weighted by Gasteiger charge is -2.08. The number of aryl methyl sites for hydroxylation is 1. The van der Waals surface area contributed by atoms with Crippen LogP contribution in [-0.2, 0) is 6.54 Å². The molecule has 2 aromatic rings. The maximum atomic E-state index is 13.2. The molecule has 2 N–H and O–H groups in total. The Balaban J connectivity index is 2.37. The van der Waals surface area contributed by atoms with Crippen molar-refractivity contribution in [2.45, 2.75) is 13.5 Å². The number of halogens is 1. The Bertz CT molecular complexity index is 563. The highest BCUT2D eigenvalue weighted by atomic mass is 32.1. The van der Waals surface area contributed by atoms with Crippen LogP contribution in [0.4, 0.5) is 4.39 Å². The summed E-state index contributed by atoms with van der Waals surface area (Å²) in [7, 11) is 0. The summed E-state index contributed by atoms with van der Waals surface area (Å²) in [6.07, 6.45) is 1.84. The van der Waals surface area contributed by atoms with Crippen LogP contribution in [-0.4, -0.2) is 14.8 Å². The molecule has 88 valence electrons. The molecule has 0 amide bonds. The van der Waals surface area contributed by atoms with Crippen LogP contribution in [0.3, 0.4) is 0 Å². The molecule has 5 heteroatoms. The smallest absolute Gasteiger partial charge is 0.123 e. The van der Waals surface area contributed by atoms with E-state index in [2.05, 4.69) is 5.10 Å². The molecule has 17 heavy (non-hydrogen) atoms. The monoisotopic (exact) mass is 249 g/mol. The molecule has 2 rings (SSSR count). The molecule has 0 radical (unpaired) electrons. The summed E-state index contributed by atoms with van der Waals surface area (Å²) in [4.78, 5) is 0.267. The van der Waals surface area contributed by atoms with Crippen LogP contribution in [0.15, 0.2) is 30.5 Å². The van der Waals surface area contributed by atoms with E-state index in [0.29, 0.717) is 12.1 Å². The fourth-order valence-electron chi connectivity index (χ4n) is 1.66. The van der Waals surface area contributed by atoms with E-state index in [1.165, 1.54) is 12.1 Å². The molecular weight excluding hydrogens is 237 g/mol. The topological polar surface area (TPSA) is 43.8 Å². The average molecular weight is 249 g/mol. The normalized spacial score (nSPS) is 10.5. The number of aromatic nitrogens is 2. The Labute approximate surface area is 104 Å². The van der Waals surface area contributed by atoms with Crippen molar-refractivity contribution < 1.29 is 4.39 Å². The van der Waals surface area contributed by atoms with Crippen LogP contribution in [0, 0.1) is 12.7 Å². The Hall–Kier alpha value is -1.75. The summed E-state index contributed by atoms with van der Waals surface area (Å²) < 4.78 is 14.9. The first kappa shape index (κ1) is 11.7. The van der Waals surface area contributed by atoms with Gasteiger partial charge in [0.1, 0.15) is 10.8 Å². The first-order chi connectivity index (χ1) is 8.06. The third-order valence-electron chi connectivity index (χ3n) is 2.44. The van der Waals surface area contributed by atoms with Crippen molar-refractivity contribution in [1.29, 1.82) is 0 Å². The minimum absolute atomic E-state index is 0.267. The van der Waals surface area contributed by atoms with Gasteiger partial charge in [-0.05, 0) is 36.8 Å². The van der Waals surface area contributed by atoms with Gasteiger partial charge in [-0.3, -0.25) is 4.68 Å². The van der Waals surface area contributed by atoms with Crippen molar-refractivity contribution in [3.63, 3.8) is 0 Å². The molecule has 0 unspecified atom stereocenters. The molecule has 1 heterocycles. The van der Waals surface area contributed by atoms with Gasteiger partial charge in [0.05, 0.1) is 12.2 Å². The average Bonchev–Trinajstić information content (AvgIpc) is 2.63. The zero-order valence-electron chi connectivity index (χ0n) is 9.35. The summed E-state index contributed by atoms with van der Waals surface area (Å²) >= 11 is 4.94. The highest BCUT2D eigenvalue weighted by Crippen LogP contribution is 2.13. The van der Waals surface area contributed by atoms with Crippen molar-refractivity contribution in [2.24, 2.45) is 5.73 Å². The highest BCUT2D eigenvalue weighted by Gasteiger charge is 2.07. The van der Waals surface area contributed by atoms with Crippen LogP contribution in [0.5, 0.6) is 0 Å². The molecule has 1 aromatic carbocycles. The maximum absolute atomic E-state index is 13.2. The third-order valence-corrected chi connectivity index (χ3v) is 2.66. The number of benzene rings is 1. The molecule has 3 nitrogen and oxygen atoms in total. The summed E-state index contributed by atoms with van der Waals surface area (Å²) in [5, 5.41) is 4.25. The van der Waals surface area contributed by atoms with Crippen LogP contribution in [0.1, 0.15) is 16.8 Å². The number of nitrogens with zero attached hydrogens (tertiary/aromatic N) is 2. The number of thiocarbonyl (C=S) groups is 1. The maximum Gasteiger partial charge on any atom is 0.123 e. The molecule has 0 aliphatic rings. The second-order valence-electron chi connectivity index (χ2n) is 3.82. The molecule has 0 spiro atoms. The van der Waals surface area contributed by atoms with Gasteiger partial charge in [0.25, 0.3) is 0 Å². The lowest BCUT2D eigenvalue weighted by atomic mass is 10.1. The van der Waals surface area contributed by atoms with E-state index < -0.39 is 0 Å². The zero-order chi connectivity index (χ0) is 12.4. The van der Waals surface area contributed by atoms with E-state index >= 15 is 0 Å². The van der Waals surface area contributed by atoms with Gasteiger partial charge in [-0.15, -0.1) is 0 Å². The van der Waals surface area contributed by atoms with Gasteiger partial charge >= 0.3 is 0 Å². The van der Waals surface area contributed by atoms with E-state index in [9.17, 15) is 4.39 Å².